The molecule has 0 atom stereocenters. The third-order valence-electron chi connectivity index (χ3n) is 16.4. The first-order valence-electron chi connectivity index (χ1n) is 29.5. The molecule has 11 aromatic rings. The van der Waals surface area contributed by atoms with Crippen LogP contribution in [0.4, 0.5) is 22.7 Å². The van der Waals surface area contributed by atoms with Gasteiger partial charge in [-0.05, 0) is 102 Å². The average Bonchev–Trinajstić information content (AvgIpc) is 2.23. The number of para-hydroxylation sites is 4. The van der Waals surface area contributed by atoms with Crippen molar-refractivity contribution in [2.45, 2.75) is 131 Å². The Bertz CT molecular complexity index is 4220. The van der Waals surface area contributed by atoms with Crippen LogP contribution < -0.4 is 9.80 Å². The van der Waals surface area contributed by atoms with E-state index in [0.29, 0.717) is 17.5 Å². The SMILES string of the molecule is CC(C)(C)c1cc(-c2nc(-c3[c-]c4c(cc3)c3ccccc3n4-c3cc(C(C)(C)C)ccn3)nc(-c3c(C(C)(C)C)cc(C(C)(C)C)cc3C(C)(C)C)n2)[c-]c(N2[CH-]N(c3c(-c4ccccc4)cccc3-c3ccccc3)c3ccccc32)c1.[Pt]. The number of pyridine rings is 1. The van der Waals surface area contributed by atoms with Gasteiger partial charge in [-0.25, -0.2) is 4.98 Å². The van der Waals surface area contributed by atoms with Crippen molar-refractivity contribution in [2.24, 2.45) is 0 Å². The fourth-order valence-electron chi connectivity index (χ4n) is 11.7. The Hall–Kier alpha value is -7.99. The van der Waals surface area contributed by atoms with Crippen molar-refractivity contribution in [1.29, 1.82) is 0 Å². The number of fused-ring (bicyclic) bond motifs is 4. The third-order valence-corrected chi connectivity index (χ3v) is 16.4. The number of benzene rings is 8. The van der Waals surface area contributed by atoms with E-state index < -0.39 is 0 Å². The Balaban J connectivity index is 0.00000752. The van der Waals surface area contributed by atoms with Crippen LogP contribution in [0.3, 0.4) is 0 Å². The van der Waals surface area contributed by atoms with E-state index in [1.807, 2.05) is 6.20 Å². The van der Waals surface area contributed by atoms with E-state index in [1.165, 1.54) is 22.3 Å². The first-order chi connectivity index (χ1) is 39.8. The minimum Gasteiger partial charge on any atom is -0.488 e. The van der Waals surface area contributed by atoms with E-state index in [4.69, 9.17) is 19.9 Å². The predicted octanol–water partition coefficient (Wildman–Crippen LogP) is 20.2. The molecule has 3 aromatic heterocycles. The van der Waals surface area contributed by atoms with Crippen LogP contribution in [0, 0.1) is 18.8 Å². The molecule has 4 heterocycles. The van der Waals surface area contributed by atoms with Crippen LogP contribution >= 0.6 is 0 Å². The number of hydrogen-bond donors (Lipinski definition) is 0. The van der Waals surface area contributed by atoms with Gasteiger partial charge < -0.3 is 19.4 Å². The third kappa shape index (κ3) is 11.2. The van der Waals surface area contributed by atoms with Gasteiger partial charge in [0.15, 0.2) is 0 Å². The van der Waals surface area contributed by atoms with Gasteiger partial charge >= 0.3 is 0 Å². The molecule has 0 saturated carbocycles. The molecule has 0 fully saturated rings. The van der Waals surface area contributed by atoms with Crippen molar-refractivity contribution in [1.82, 2.24) is 24.5 Å². The topological polar surface area (TPSA) is 63.0 Å². The van der Waals surface area contributed by atoms with Crippen molar-refractivity contribution in [3.63, 3.8) is 0 Å². The van der Waals surface area contributed by atoms with E-state index in [-0.39, 0.29) is 48.1 Å². The number of nitrogens with zero attached hydrogens (tertiary/aromatic N) is 7. The zero-order chi connectivity index (χ0) is 59.3. The summed E-state index contributed by atoms with van der Waals surface area (Å²) in [6, 6.07) is 71.2. The molecule has 7 nitrogen and oxygen atoms in total. The summed E-state index contributed by atoms with van der Waals surface area (Å²) in [5.74, 6) is 2.50. The maximum absolute atomic E-state index is 5.70. The van der Waals surface area contributed by atoms with Gasteiger partial charge in [-0.1, -0.05) is 236 Å². The summed E-state index contributed by atoms with van der Waals surface area (Å²) in [6.45, 7) is 36.5. The van der Waals surface area contributed by atoms with E-state index in [9.17, 15) is 0 Å². The Morgan fingerprint density at radius 1 is 0.412 bits per heavy atom. The Morgan fingerprint density at radius 2 is 0.929 bits per heavy atom. The van der Waals surface area contributed by atoms with E-state index in [1.54, 1.807) is 0 Å². The zero-order valence-electron chi connectivity index (χ0n) is 51.8. The van der Waals surface area contributed by atoms with Crippen LogP contribution in [0.2, 0.25) is 0 Å². The van der Waals surface area contributed by atoms with Crippen LogP contribution in [0.5, 0.6) is 0 Å². The summed E-state index contributed by atoms with van der Waals surface area (Å²) in [5.41, 5.74) is 18.1. The fraction of sp³-hybridized carbons (Fsp3) is 0.260. The second-order valence-corrected chi connectivity index (χ2v) is 27.8. The maximum Gasteiger partial charge on any atom is 0.144 e. The number of anilines is 4. The summed E-state index contributed by atoms with van der Waals surface area (Å²) in [4.78, 5) is 26.6. The summed E-state index contributed by atoms with van der Waals surface area (Å²) in [6.07, 6.45) is 1.92. The Morgan fingerprint density at radius 3 is 1.51 bits per heavy atom. The predicted molar refractivity (Wildman–Crippen MR) is 352 cm³/mol. The van der Waals surface area contributed by atoms with Crippen LogP contribution in [0.15, 0.2) is 182 Å². The molecule has 0 aliphatic carbocycles. The van der Waals surface area contributed by atoms with Gasteiger partial charge in [0.2, 0.25) is 0 Å². The molecule has 0 N–H and O–H groups in total. The van der Waals surface area contributed by atoms with Crippen molar-refractivity contribution in [3.8, 4) is 62.2 Å². The molecule has 432 valence electrons. The van der Waals surface area contributed by atoms with Crippen molar-refractivity contribution < 1.29 is 21.1 Å². The molecule has 0 bridgehead atoms. The largest absolute Gasteiger partial charge is 0.488 e. The molecule has 0 unspecified atom stereocenters. The van der Waals surface area contributed by atoms with Crippen molar-refractivity contribution in [3.05, 3.63) is 229 Å². The minimum atomic E-state index is -0.278. The molecule has 0 amide bonds. The smallest absolute Gasteiger partial charge is 0.144 e. The second-order valence-electron chi connectivity index (χ2n) is 27.8. The Kier molecular flexibility index (Phi) is 15.1. The van der Waals surface area contributed by atoms with E-state index >= 15 is 0 Å². The summed E-state index contributed by atoms with van der Waals surface area (Å²) < 4.78 is 2.24. The van der Waals surface area contributed by atoms with Gasteiger partial charge in [0, 0.05) is 66.5 Å². The number of hydrogen-bond acceptors (Lipinski definition) is 6. The van der Waals surface area contributed by atoms with Crippen LogP contribution in [0.25, 0.3) is 84.0 Å². The van der Waals surface area contributed by atoms with Gasteiger partial charge in [-0.15, -0.1) is 59.8 Å². The molecular formula is C77H76N7Pt-3. The molecule has 12 rings (SSSR count). The summed E-state index contributed by atoms with van der Waals surface area (Å²) >= 11 is 0. The maximum atomic E-state index is 5.70. The van der Waals surface area contributed by atoms with Crippen molar-refractivity contribution >= 4 is 44.6 Å². The van der Waals surface area contributed by atoms with Crippen molar-refractivity contribution in [2.75, 3.05) is 9.80 Å². The number of aromatic nitrogens is 5. The van der Waals surface area contributed by atoms with Gasteiger partial charge in [0.05, 0.1) is 11.6 Å². The quantitative estimate of drug-likeness (QED) is 0.141. The molecule has 8 heteroatoms. The van der Waals surface area contributed by atoms with Gasteiger partial charge in [-0.2, -0.15) is 0 Å². The molecular weight excluding hydrogens is 1220 g/mol. The standard InChI is InChI=1S/C77H76N7.Pt/c1-73(2,3)53-39-40-78-67(47-53)84-63-34-23-22-31-59(63)60-38-37-51(43-66(60)84)70-79-71(81-72(80-70)68-61(76(10,11)12)45-55(75(7,8)9)46-62(68)77(13,14)15)52-41-54(74(4,5)6)44-56(42-52)82-48-83(65-36-25-24-35-64(65)82)69-57(49-27-18-16-19-28-49)32-26-33-58(69)50-29-20-17-21-30-50;/h16-41,44-48H,1-15H3;/q-3;. The first kappa shape index (κ1) is 58.8. The second kappa shape index (κ2) is 21.8. The minimum absolute atomic E-state index is 0. The zero-order valence-corrected chi connectivity index (χ0v) is 54.1. The molecule has 1 aliphatic heterocycles. The van der Waals surface area contributed by atoms with Gasteiger partial charge in [-0.3, -0.25) is 9.97 Å². The molecule has 0 spiro atoms. The van der Waals surface area contributed by atoms with E-state index in [2.05, 4.69) is 313 Å². The van der Waals surface area contributed by atoms with Gasteiger partial charge in [0.1, 0.15) is 11.6 Å². The molecule has 1 aliphatic rings. The summed E-state index contributed by atoms with van der Waals surface area (Å²) in [5, 5.41) is 2.20. The Labute approximate surface area is 518 Å². The molecule has 85 heavy (non-hydrogen) atoms. The fourth-order valence-corrected chi connectivity index (χ4v) is 11.7. The monoisotopic (exact) mass is 1290 g/mol. The van der Waals surface area contributed by atoms with E-state index in [0.717, 1.165) is 94.9 Å². The average molecular weight is 1290 g/mol. The molecule has 0 radical (unpaired) electrons. The van der Waals surface area contributed by atoms with Crippen LogP contribution in [-0.2, 0) is 48.1 Å². The van der Waals surface area contributed by atoms with Crippen LogP contribution in [0.1, 0.15) is 132 Å². The number of rotatable bonds is 8. The normalized spacial score (nSPS) is 13.2. The first-order valence-corrected chi connectivity index (χ1v) is 29.5. The van der Waals surface area contributed by atoms with Crippen LogP contribution in [-0.4, -0.2) is 24.5 Å². The molecule has 8 aromatic carbocycles. The summed E-state index contributed by atoms with van der Waals surface area (Å²) in [7, 11) is 0. The van der Waals surface area contributed by atoms with Gasteiger partial charge in [0.25, 0.3) is 0 Å². The molecule has 0 saturated heterocycles.